The number of carbonyl (C=O) groups excluding carboxylic acids is 1. The van der Waals surface area contributed by atoms with Crippen molar-refractivity contribution in [2.24, 2.45) is 0 Å². The highest BCUT2D eigenvalue weighted by molar-refractivity contribution is 6.43. The van der Waals surface area contributed by atoms with Gasteiger partial charge in [-0.15, -0.1) is 0 Å². The van der Waals surface area contributed by atoms with E-state index >= 15 is 0 Å². The van der Waals surface area contributed by atoms with E-state index in [1.54, 1.807) is 12.1 Å². The summed E-state index contributed by atoms with van der Waals surface area (Å²) in [6.07, 6.45) is 1.88. The van der Waals surface area contributed by atoms with Crippen molar-refractivity contribution < 1.29 is 9.36 Å². The van der Waals surface area contributed by atoms with Gasteiger partial charge in [0.1, 0.15) is 16.1 Å². The largest absolute Gasteiger partial charge is 0.349 e. The molecule has 3 nitrogen and oxygen atoms in total. The Morgan fingerprint density at radius 2 is 1.78 bits per heavy atom. The summed E-state index contributed by atoms with van der Waals surface area (Å²) in [6, 6.07) is 13.4. The van der Waals surface area contributed by atoms with Gasteiger partial charge in [-0.05, 0) is 18.2 Å². The third-order valence-corrected chi connectivity index (χ3v) is 5.18. The number of hydrogen-bond donors (Lipinski definition) is 1. The molecule has 4 aromatic rings. The zero-order chi connectivity index (χ0) is 15.7. The summed E-state index contributed by atoms with van der Waals surface area (Å²) in [7, 11) is 0. The highest BCUT2D eigenvalue weighted by atomic mass is 35.5. The number of halogens is 2. The Morgan fingerprint density at radius 3 is 2.65 bits per heavy atom. The highest BCUT2D eigenvalue weighted by Gasteiger charge is 2.40. The predicted octanol–water partition coefficient (Wildman–Crippen LogP) is 4.45. The van der Waals surface area contributed by atoms with E-state index < -0.39 is 0 Å². The molecule has 2 aromatic carbocycles. The number of fused-ring (bicyclic) bond motifs is 7. The molecular formula is C18H9Cl2N2O+. The third kappa shape index (κ3) is 1.56. The number of aromatic amines is 1. The average Bonchev–Trinajstić information content (AvgIpc) is 3.07. The lowest BCUT2D eigenvalue weighted by Gasteiger charge is -1.98. The van der Waals surface area contributed by atoms with Gasteiger partial charge in [-0.1, -0.05) is 41.4 Å². The highest BCUT2D eigenvalue weighted by Crippen LogP contribution is 2.36. The van der Waals surface area contributed by atoms with Crippen molar-refractivity contribution in [3.63, 3.8) is 0 Å². The van der Waals surface area contributed by atoms with E-state index in [4.69, 9.17) is 23.2 Å². The number of ketones is 1. The molecule has 23 heavy (non-hydrogen) atoms. The van der Waals surface area contributed by atoms with Crippen LogP contribution < -0.4 is 4.57 Å². The quantitative estimate of drug-likeness (QED) is 0.416. The minimum absolute atomic E-state index is 0.0456. The number of pyridine rings is 1. The van der Waals surface area contributed by atoms with E-state index in [9.17, 15) is 4.79 Å². The van der Waals surface area contributed by atoms with E-state index in [1.807, 2.05) is 41.1 Å². The van der Waals surface area contributed by atoms with Crippen LogP contribution in [0.4, 0.5) is 0 Å². The molecule has 0 bridgehead atoms. The molecule has 0 fully saturated rings. The fourth-order valence-corrected chi connectivity index (χ4v) is 3.77. The number of rotatable bonds is 0. The van der Waals surface area contributed by atoms with Gasteiger partial charge < -0.3 is 4.98 Å². The Bertz CT molecular complexity index is 1160. The zero-order valence-electron chi connectivity index (χ0n) is 11.7. The lowest BCUT2D eigenvalue weighted by Crippen LogP contribution is -2.32. The topological polar surface area (TPSA) is 36.7 Å². The first-order valence-electron chi connectivity index (χ1n) is 7.15. The normalized spacial score (nSPS) is 12.9. The summed E-state index contributed by atoms with van der Waals surface area (Å²) in [6.45, 7) is 0. The molecule has 0 saturated heterocycles. The standard InChI is InChI=1S/C18H8Cl2N2O/c19-12-6-5-11-16(14(12)20)22-8-7-10-9-3-1-2-4-13(9)21-15(10)17(22)18(11)23/h1-8H/p+1. The van der Waals surface area contributed by atoms with Crippen molar-refractivity contribution in [1.29, 1.82) is 0 Å². The Morgan fingerprint density at radius 1 is 0.957 bits per heavy atom. The number of aromatic nitrogens is 2. The molecule has 0 radical (unpaired) electrons. The molecule has 5 heteroatoms. The molecule has 3 heterocycles. The molecule has 0 atom stereocenters. The molecule has 0 unspecified atom stereocenters. The van der Waals surface area contributed by atoms with Crippen molar-refractivity contribution in [1.82, 2.24) is 4.98 Å². The van der Waals surface area contributed by atoms with Gasteiger partial charge in [-0.3, -0.25) is 4.79 Å². The van der Waals surface area contributed by atoms with E-state index in [2.05, 4.69) is 4.98 Å². The van der Waals surface area contributed by atoms with Gasteiger partial charge in [0.05, 0.1) is 5.02 Å². The molecular weight excluding hydrogens is 331 g/mol. The molecule has 1 aliphatic heterocycles. The fourth-order valence-electron chi connectivity index (χ4n) is 3.36. The van der Waals surface area contributed by atoms with Crippen LogP contribution in [0.1, 0.15) is 16.1 Å². The first-order valence-corrected chi connectivity index (χ1v) is 7.90. The van der Waals surface area contributed by atoms with E-state index in [1.165, 1.54) is 0 Å². The van der Waals surface area contributed by atoms with Crippen molar-refractivity contribution in [2.45, 2.75) is 0 Å². The summed E-state index contributed by atoms with van der Waals surface area (Å²) in [5, 5.41) is 2.96. The number of para-hydroxylation sites is 1. The van der Waals surface area contributed by atoms with Gasteiger partial charge in [-0.2, -0.15) is 4.57 Å². The Balaban J connectivity index is 1.97. The van der Waals surface area contributed by atoms with Crippen LogP contribution in [0.15, 0.2) is 48.7 Å². The van der Waals surface area contributed by atoms with Crippen LogP contribution in [0, 0.1) is 0 Å². The molecule has 0 spiro atoms. The minimum atomic E-state index is -0.0456. The first-order chi connectivity index (χ1) is 11.2. The van der Waals surface area contributed by atoms with Crippen molar-refractivity contribution in [3.8, 4) is 5.69 Å². The Kier molecular flexibility index (Phi) is 2.48. The number of nitrogens with zero attached hydrogens (tertiary/aromatic N) is 1. The van der Waals surface area contributed by atoms with Gasteiger partial charge in [0.15, 0.2) is 6.20 Å². The van der Waals surface area contributed by atoms with Crippen LogP contribution in [0.25, 0.3) is 27.5 Å². The fraction of sp³-hybridized carbons (Fsp3) is 0. The van der Waals surface area contributed by atoms with Crippen molar-refractivity contribution >= 4 is 50.8 Å². The summed E-state index contributed by atoms with van der Waals surface area (Å²) in [5.41, 5.74) is 3.65. The second-order valence-electron chi connectivity index (χ2n) is 5.58. The molecule has 1 N–H and O–H groups in total. The third-order valence-electron chi connectivity index (χ3n) is 4.38. The van der Waals surface area contributed by atoms with Gasteiger partial charge in [0, 0.05) is 22.4 Å². The van der Waals surface area contributed by atoms with Gasteiger partial charge in [-0.25, -0.2) is 0 Å². The molecule has 0 saturated carbocycles. The summed E-state index contributed by atoms with van der Waals surface area (Å²) < 4.78 is 1.82. The number of benzene rings is 2. The SMILES string of the molecule is O=C1c2ccc(Cl)c(Cl)c2-[n+]2ccc3c([nH]c4ccccc43)c21. The number of H-pyrrole nitrogens is 1. The van der Waals surface area contributed by atoms with Gasteiger partial charge >= 0.3 is 0 Å². The minimum Gasteiger partial charge on any atom is -0.349 e. The van der Waals surface area contributed by atoms with Crippen LogP contribution in [-0.2, 0) is 0 Å². The summed E-state index contributed by atoms with van der Waals surface area (Å²) >= 11 is 12.5. The van der Waals surface area contributed by atoms with Gasteiger partial charge in [0.25, 0.3) is 11.5 Å². The number of nitrogens with one attached hydrogen (secondary N) is 1. The number of hydrogen-bond acceptors (Lipinski definition) is 1. The van der Waals surface area contributed by atoms with Gasteiger partial charge in [0.2, 0.25) is 5.69 Å². The van der Waals surface area contributed by atoms with E-state index in [-0.39, 0.29) is 5.78 Å². The molecule has 0 amide bonds. The molecule has 5 rings (SSSR count). The van der Waals surface area contributed by atoms with Crippen LogP contribution >= 0.6 is 23.2 Å². The van der Waals surface area contributed by atoms with Crippen LogP contribution in [-0.4, -0.2) is 10.8 Å². The maximum absolute atomic E-state index is 12.9. The monoisotopic (exact) mass is 339 g/mol. The second-order valence-corrected chi connectivity index (χ2v) is 6.37. The molecule has 2 aromatic heterocycles. The molecule has 0 aliphatic carbocycles. The lowest BCUT2D eigenvalue weighted by atomic mass is 10.1. The van der Waals surface area contributed by atoms with Crippen molar-refractivity contribution in [2.75, 3.05) is 0 Å². The predicted molar refractivity (Wildman–Crippen MR) is 90.8 cm³/mol. The van der Waals surface area contributed by atoms with E-state index in [0.29, 0.717) is 27.0 Å². The molecule has 110 valence electrons. The van der Waals surface area contributed by atoms with Crippen LogP contribution in [0.5, 0.6) is 0 Å². The summed E-state index contributed by atoms with van der Waals surface area (Å²) in [4.78, 5) is 16.3. The van der Waals surface area contributed by atoms with Crippen LogP contribution in [0.3, 0.4) is 0 Å². The second kappa shape index (κ2) is 4.34. The number of carbonyl (C=O) groups is 1. The maximum atomic E-state index is 12.9. The molecule has 1 aliphatic rings. The van der Waals surface area contributed by atoms with Crippen LogP contribution in [0.2, 0.25) is 10.0 Å². The maximum Gasteiger partial charge on any atom is 0.284 e. The zero-order valence-corrected chi connectivity index (χ0v) is 13.2. The van der Waals surface area contributed by atoms with Crippen molar-refractivity contribution in [3.05, 3.63) is 70.0 Å². The first kappa shape index (κ1) is 13.1. The Labute approximate surface area is 141 Å². The average molecular weight is 340 g/mol. The lowest BCUT2D eigenvalue weighted by molar-refractivity contribution is -0.592. The summed E-state index contributed by atoms with van der Waals surface area (Å²) in [5.74, 6) is -0.0456. The Hall–Kier alpha value is -2.36. The van der Waals surface area contributed by atoms with E-state index in [0.717, 1.165) is 21.8 Å². The smallest absolute Gasteiger partial charge is 0.284 e.